The van der Waals surface area contributed by atoms with Crippen molar-refractivity contribution >= 4 is 17.3 Å². The Balaban J connectivity index is 2.08. The fraction of sp³-hybridized carbons (Fsp3) is 0.316. The van der Waals surface area contributed by atoms with Crippen molar-refractivity contribution in [2.45, 2.75) is 32.7 Å². The smallest absolute Gasteiger partial charge is 0.248 e. The Morgan fingerprint density at radius 3 is 2.00 bits per heavy atom. The second kappa shape index (κ2) is 6.32. The molecule has 0 spiro atoms. The molecule has 22 heavy (non-hydrogen) atoms. The van der Waals surface area contributed by atoms with Gasteiger partial charge in [-0.1, -0.05) is 36.4 Å². The van der Waals surface area contributed by atoms with Crippen molar-refractivity contribution in [1.82, 2.24) is 5.32 Å². The Labute approximate surface area is 132 Å². The van der Waals surface area contributed by atoms with Gasteiger partial charge < -0.3 is 5.32 Å². The molecule has 3 nitrogen and oxygen atoms in total. The summed E-state index contributed by atoms with van der Waals surface area (Å²) < 4.78 is 0. The number of nitrogens with zero attached hydrogens (tertiary/aromatic N) is 1. The average Bonchev–Trinajstić information content (AvgIpc) is 3.05. The van der Waals surface area contributed by atoms with Gasteiger partial charge in [0.1, 0.15) is 0 Å². The Morgan fingerprint density at radius 2 is 1.55 bits per heavy atom. The van der Waals surface area contributed by atoms with Crippen LogP contribution in [-0.4, -0.2) is 18.5 Å². The van der Waals surface area contributed by atoms with Crippen LogP contribution in [0.3, 0.4) is 0 Å². The maximum atomic E-state index is 13.1. The number of hydrogen-bond donors (Lipinski definition) is 1. The van der Waals surface area contributed by atoms with E-state index in [2.05, 4.69) is 31.3 Å². The van der Waals surface area contributed by atoms with Crippen LogP contribution >= 0.6 is 0 Å². The van der Waals surface area contributed by atoms with Crippen molar-refractivity contribution in [3.63, 3.8) is 0 Å². The third kappa shape index (κ3) is 2.77. The molecular formula is C19H22N2O. The lowest BCUT2D eigenvalue weighted by atomic mass is 10.1. The highest BCUT2D eigenvalue weighted by Gasteiger charge is 2.30. The van der Waals surface area contributed by atoms with Crippen molar-refractivity contribution in [1.29, 1.82) is 0 Å². The highest BCUT2D eigenvalue weighted by atomic mass is 16.2. The molecule has 1 aliphatic rings. The highest BCUT2D eigenvalue weighted by molar-refractivity contribution is 6.04. The van der Waals surface area contributed by atoms with Crippen LogP contribution in [0.2, 0.25) is 0 Å². The molecule has 1 atom stereocenters. The maximum Gasteiger partial charge on any atom is 0.248 e. The third-order valence-electron chi connectivity index (χ3n) is 4.29. The van der Waals surface area contributed by atoms with Crippen LogP contribution < -0.4 is 10.2 Å². The van der Waals surface area contributed by atoms with Gasteiger partial charge in [0, 0.05) is 0 Å². The number of benzene rings is 2. The van der Waals surface area contributed by atoms with Gasteiger partial charge in [0.2, 0.25) is 5.91 Å². The summed E-state index contributed by atoms with van der Waals surface area (Å²) in [5, 5.41) is 3.32. The number of anilines is 2. The summed E-state index contributed by atoms with van der Waals surface area (Å²) in [6, 6.07) is 16.1. The minimum atomic E-state index is -0.0841. The Morgan fingerprint density at radius 1 is 1.00 bits per heavy atom. The summed E-state index contributed by atoms with van der Waals surface area (Å²) in [4.78, 5) is 15.0. The van der Waals surface area contributed by atoms with E-state index in [-0.39, 0.29) is 11.9 Å². The predicted octanol–water partition coefficient (Wildman–Crippen LogP) is 3.72. The molecule has 0 bridgehead atoms. The Kier molecular flexibility index (Phi) is 4.25. The number of amides is 1. The van der Waals surface area contributed by atoms with Gasteiger partial charge in [0.15, 0.2) is 0 Å². The van der Waals surface area contributed by atoms with Crippen LogP contribution in [0.4, 0.5) is 11.4 Å². The predicted molar refractivity (Wildman–Crippen MR) is 90.5 cm³/mol. The highest BCUT2D eigenvalue weighted by Crippen LogP contribution is 2.32. The minimum absolute atomic E-state index is 0.0841. The third-order valence-corrected chi connectivity index (χ3v) is 4.29. The molecule has 0 radical (unpaired) electrons. The first-order valence-electron chi connectivity index (χ1n) is 7.87. The molecule has 0 aromatic heterocycles. The molecule has 0 saturated carbocycles. The lowest BCUT2D eigenvalue weighted by Gasteiger charge is -2.28. The van der Waals surface area contributed by atoms with Gasteiger partial charge >= 0.3 is 0 Å². The summed E-state index contributed by atoms with van der Waals surface area (Å²) in [6.07, 6.45) is 1.97. The first kappa shape index (κ1) is 14.8. The number of nitrogens with one attached hydrogen (secondary N) is 1. The zero-order valence-electron chi connectivity index (χ0n) is 13.2. The molecule has 1 saturated heterocycles. The SMILES string of the molecule is Cc1ccccc1N(C(=O)[C@H]1CCCN1)c1ccccc1C. The van der Waals surface area contributed by atoms with Crippen molar-refractivity contribution in [2.24, 2.45) is 0 Å². The van der Waals surface area contributed by atoms with E-state index < -0.39 is 0 Å². The first-order valence-corrected chi connectivity index (χ1v) is 7.87. The zero-order valence-corrected chi connectivity index (χ0v) is 13.2. The van der Waals surface area contributed by atoms with Gasteiger partial charge in [-0.2, -0.15) is 0 Å². The lowest BCUT2D eigenvalue weighted by molar-refractivity contribution is -0.119. The van der Waals surface area contributed by atoms with Crippen LogP contribution in [0, 0.1) is 13.8 Å². The molecule has 1 heterocycles. The van der Waals surface area contributed by atoms with Crippen molar-refractivity contribution < 1.29 is 4.79 Å². The molecule has 114 valence electrons. The van der Waals surface area contributed by atoms with Crippen molar-refractivity contribution in [3.05, 3.63) is 59.7 Å². The van der Waals surface area contributed by atoms with E-state index in [1.54, 1.807) is 0 Å². The largest absolute Gasteiger partial charge is 0.306 e. The molecule has 3 heteroatoms. The van der Waals surface area contributed by atoms with E-state index in [0.717, 1.165) is 41.9 Å². The van der Waals surface area contributed by atoms with E-state index in [1.807, 2.05) is 41.3 Å². The Hall–Kier alpha value is -2.13. The number of carbonyl (C=O) groups is 1. The molecular weight excluding hydrogens is 272 g/mol. The van der Waals surface area contributed by atoms with E-state index in [4.69, 9.17) is 0 Å². The fourth-order valence-electron chi connectivity index (χ4n) is 3.05. The minimum Gasteiger partial charge on any atom is -0.306 e. The standard InChI is InChI=1S/C19H22N2O/c1-14-8-3-5-11-17(14)21(18-12-6-4-9-15(18)2)19(22)16-10-7-13-20-16/h3-6,8-9,11-12,16,20H,7,10,13H2,1-2H3/t16-/m1/s1. The molecule has 1 fully saturated rings. The molecule has 2 aromatic rings. The second-order valence-electron chi connectivity index (χ2n) is 5.90. The maximum absolute atomic E-state index is 13.1. The molecule has 0 unspecified atom stereocenters. The monoisotopic (exact) mass is 294 g/mol. The summed E-state index contributed by atoms with van der Waals surface area (Å²) >= 11 is 0. The van der Waals surface area contributed by atoms with E-state index in [1.165, 1.54) is 0 Å². The molecule has 1 amide bonds. The quantitative estimate of drug-likeness (QED) is 0.935. The summed E-state index contributed by atoms with van der Waals surface area (Å²) in [7, 11) is 0. The van der Waals surface area contributed by atoms with Gasteiger partial charge in [0.05, 0.1) is 17.4 Å². The topological polar surface area (TPSA) is 32.3 Å². The van der Waals surface area contributed by atoms with Crippen LogP contribution in [0.25, 0.3) is 0 Å². The average molecular weight is 294 g/mol. The zero-order chi connectivity index (χ0) is 15.5. The Bertz CT molecular complexity index is 629. The van der Waals surface area contributed by atoms with Crippen LogP contribution in [0.1, 0.15) is 24.0 Å². The normalized spacial score (nSPS) is 17.5. The number of hydrogen-bond acceptors (Lipinski definition) is 2. The molecule has 1 aliphatic heterocycles. The van der Waals surface area contributed by atoms with Crippen LogP contribution in [0.5, 0.6) is 0 Å². The van der Waals surface area contributed by atoms with Crippen molar-refractivity contribution in [2.75, 3.05) is 11.4 Å². The molecule has 2 aromatic carbocycles. The molecule has 1 N–H and O–H groups in total. The van der Waals surface area contributed by atoms with Gasteiger partial charge in [-0.3, -0.25) is 9.69 Å². The van der Waals surface area contributed by atoms with Gasteiger partial charge in [0.25, 0.3) is 0 Å². The van der Waals surface area contributed by atoms with Gasteiger partial charge in [-0.15, -0.1) is 0 Å². The van der Waals surface area contributed by atoms with E-state index in [0.29, 0.717) is 0 Å². The van der Waals surface area contributed by atoms with Crippen LogP contribution in [0.15, 0.2) is 48.5 Å². The summed E-state index contributed by atoms with van der Waals surface area (Å²) in [6.45, 7) is 5.03. The van der Waals surface area contributed by atoms with E-state index in [9.17, 15) is 4.79 Å². The summed E-state index contributed by atoms with van der Waals surface area (Å²) in [5.41, 5.74) is 4.15. The number of rotatable bonds is 3. The van der Waals surface area contributed by atoms with Gasteiger partial charge in [-0.05, 0) is 56.5 Å². The molecule has 0 aliphatic carbocycles. The number of para-hydroxylation sites is 2. The van der Waals surface area contributed by atoms with E-state index >= 15 is 0 Å². The lowest BCUT2D eigenvalue weighted by Crippen LogP contribution is -2.41. The number of aryl methyl sites for hydroxylation is 2. The first-order chi connectivity index (χ1) is 10.7. The molecule has 3 rings (SSSR count). The summed E-state index contributed by atoms with van der Waals surface area (Å²) in [5.74, 6) is 0.140. The van der Waals surface area contributed by atoms with Crippen molar-refractivity contribution in [3.8, 4) is 0 Å². The fourth-order valence-corrected chi connectivity index (χ4v) is 3.05. The van der Waals surface area contributed by atoms with Gasteiger partial charge in [-0.25, -0.2) is 0 Å². The second-order valence-corrected chi connectivity index (χ2v) is 5.90. The van der Waals surface area contributed by atoms with Crippen LogP contribution in [-0.2, 0) is 4.79 Å². The number of carbonyl (C=O) groups excluding carboxylic acids is 1.